The van der Waals surface area contributed by atoms with Gasteiger partial charge in [0.15, 0.2) is 0 Å². The van der Waals surface area contributed by atoms with Gasteiger partial charge in [0.05, 0.1) is 13.0 Å². The minimum Gasteiger partial charge on any atom is -0.496 e. The van der Waals surface area contributed by atoms with E-state index in [1.807, 2.05) is 0 Å². The molecular weight excluding hydrogens is 211 g/mol. The third-order valence-corrected chi connectivity index (χ3v) is 2.93. The maximum Gasteiger partial charge on any atom is 0.307 e. The van der Waals surface area contributed by atoms with Crippen molar-refractivity contribution < 1.29 is 19.0 Å². The third kappa shape index (κ3) is 1.75. The molecule has 1 aromatic rings. The van der Waals surface area contributed by atoms with Crippen LogP contribution in [0.2, 0.25) is 0 Å². The van der Waals surface area contributed by atoms with Crippen LogP contribution < -0.4 is 4.74 Å². The number of aliphatic carboxylic acids is 1. The molecule has 1 fully saturated rings. The van der Waals surface area contributed by atoms with Crippen molar-refractivity contribution in [1.29, 1.82) is 0 Å². The molecule has 86 valence electrons. The number of carbonyl (C=O) groups is 1. The number of halogens is 1. The molecular formula is C12H13FO3. The molecule has 0 spiro atoms. The Morgan fingerprint density at radius 2 is 2.25 bits per heavy atom. The van der Waals surface area contributed by atoms with E-state index in [2.05, 4.69) is 0 Å². The highest BCUT2D eigenvalue weighted by Crippen LogP contribution is 2.51. The number of benzene rings is 1. The summed E-state index contributed by atoms with van der Waals surface area (Å²) in [5, 5.41) is 8.83. The summed E-state index contributed by atoms with van der Waals surface area (Å²) in [5.74, 6) is -1.50. The predicted octanol–water partition coefficient (Wildman–Crippen LogP) is 2.33. The van der Waals surface area contributed by atoms with Crippen LogP contribution in [0, 0.1) is 18.7 Å². The van der Waals surface area contributed by atoms with Crippen LogP contribution >= 0.6 is 0 Å². The number of methoxy groups -OCH3 is 1. The van der Waals surface area contributed by atoms with Crippen molar-refractivity contribution >= 4 is 5.97 Å². The molecule has 0 aliphatic heterocycles. The molecule has 0 aromatic heterocycles. The van der Waals surface area contributed by atoms with E-state index in [4.69, 9.17) is 9.84 Å². The number of hydrogen-bond acceptors (Lipinski definition) is 2. The molecule has 0 saturated heterocycles. The van der Waals surface area contributed by atoms with Gasteiger partial charge in [-0.05, 0) is 31.0 Å². The Labute approximate surface area is 92.9 Å². The molecule has 1 aromatic carbocycles. The second kappa shape index (κ2) is 3.77. The summed E-state index contributed by atoms with van der Waals surface area (Å²) in [5.41, 5.74) is 1.17. The Kier molecular flexibility index (Phi) is 2.58. The lowest BCUT2D eigenvalue weighted by Crippen LogP contribution is -2.02. The molecule has 0 heterocycles. The van der Waals surface area contributed by atoms with Crippen LogP contribution in [0.3, 0.4) is 0 Å². The van der Waals surface area contributed by atoms with E-state index in [1.165, 1.54) is 13.2 Å². The second-order valence-corrected chi connectivity index (χ2v) is 4.15. The average Bonchev–Trinajstić information content (AvgIpc) is 2.96. The Hall–Kier alpha value is -1.58. The molecule has 3 nitrogen and oxygen atoms in total. The molecule has 1 aliphatic rings. The Bertz CT molecular complexity index is 442. The summed E-state index contributed by atoms with van der Waals surface area (Å²) >= 11 is 0. The molecule has 2 rings (SSSR count). The van der Waals surface area contributed by atoms with Gasteiger partial charge in [-0.1, -0.05) is 0 Å². The lowest BCUT2D eigenvalue weighted by atomic mass is 10.0. The number of rotatable bonds is 3. The lowest BCUT2D eigenvalue weighted by molar-refractivity contribution is -0.138. The van der Waals surface area contributed by atoms with Crippen LogP contribution in [0.5, 0.6) is 5.75 Å². The number of carboxylic acids is 1. The van der Waals surface area contributed by atoms with Gasteiger partial charge in [0.1, 0.15) is 11.6 Å². The molecule has 0 radical (unpaired) electrons. The fraction of sp³-hybridized carbons (Fsp3) is 0.417. The number of aryl methyl sites for hydroxylation is 1. The standard InChI is InChI=1S/C12H13FO3/c1-6-3-9(13)11(10(4-6)16-2)7-5-8(7)12(14)15/h3-4,7-8H,5H2,1-2H3,(H,14,15)/t7-,8-/m1/s1. The lowest BCUT2D eigenvalue weighted by Gasteiger charge is -2.10. The van der Waals surface area contributed by atoms with Crippen LogP contribution in [-0.2, 0) is 4.79 Å². The van der Waals surface area contributed by atoms with Gasteiger partial charge in [0.25, 0.3) is 0 Å². The average molecular weight is 224 g/mol. The van der Waals surface area contributed by atoms with Crippen LogP contribution in [0.25, 0.3) is 0 Å². The number of carboxylic acid groups (broad SMARTS) is 1. The summed E-state index contributed by atoms with van der Waals surface area (Å²) in [4.78, 5) is 10.8. The quantitative estimate of drug-likeness (QED) is 0.857. The van der Waals surface area contributed by atoms with Gasteiger partial charge >= 0.3 is 5.97 Å². The SMILES string of the molecule is COc1cc(C)cc(F)c1[C@@H]1C[C@H]1C(=O)O. The van der Waals surface area contributed by atoms with Crippen LogP contribution in [-0.4, -0.2) is 18.2 Å². The van der Waals surface area contributed by atoms with Crippen molar-refractivity contribution in [3.63, 3.8) is 0 Å². The minimum absolute atomic E-state index is 0.243. The highest BCUT2D eigenvalue weighted by molar-refractivity contribution is 5.75. The van der Waals surface area contributed by atoms with Crippen molar-refractivity contribution in [3.8, 4) is 5.75 Å². The van der Waals surface area contributed by atoms with Crippen LogP contribution in [0.1, 0.15) is 23.5 Å². The van der Waals surface area contributed by atoms with Gasteiger partial charge in [-0.15, -0.1) is 0 Å². The fourth-order valence-electron chi connectivity index (χ4n) is 2.04. The van der Waals surface area contributed by atoms with E-state index in [0.717, 1.165) is 5.56 Å². The van der Waals surface area contributed by atoms with Gasteiger partial charge in [0.2, 0.25) is 0 Å². The Balaban J connectivity index is 2.38. The molecule has 2 atom stereocenters. The van der Waals surface area contributed by atoms with E-state index < -0.39 is 11.9 Å². The van der Waals surface area contributed by atoms with Crippen molar-refractivity contribution in [2.45, 2.75) is 19.3 Å². The van der Waals surface area contributed by atoms with Crippen LogP contribution in [0.15, 0.2) is 12.1 Å². The Morgan fingerprint density at radius 3 is 2.75 bits per heavy atom. The molecule has 0 amide bonds. The van der Waals surface area contributed by atoms with E-state index >= 15 is 0 Å². The van der Waals surface area contributed by atoms with E-state index in [9.17, 15) is 9.18 Å². The highest BCUT2D eigenvalue weighted by Gasteiger charge is 2.47. The number of hydrogen-bond donors (Lipinski definition) is 1. The van der Waals surface area contributed by atoms with E-state index in [-0.39, 0.29) is 11.7 Å². The Morgan fingerprint density at radius 1 is 1.56 bits per heavy atom. The summed E-state index contributed by atoms with van der Waals surface area (Å²) < 4.78 is 18.9. The van der Waals surface area contributed by atoms with Crippen LogP contribution in [0.4, 0.5) is 4.39 Å². The first-order valence-corrected chi connectivity index (χ1v) is 5.11. The van der Waals surface area contributed by atoms with Gasteiger partial charge in [-0.3, -0.25) is 4.79 Å². The predicted molar refractivity (Wildman–Crippen MR) is 56.2 cm³/mol. The number of ether oxygens (including phenoxy) is 1. The zero-order valence-corrected chi connectivity index (χ0v) is 9.16. The van der Waals surface area contributed by atoms with Crippen molar-refractivity contribution in [2.24, 2.45) is 5.92 Å². The molecule has 0 bridgehead atoms. The highest BCUT2D eigenvalue weighted by atomic mass is 19.1. The van der Waals surface area contributed by atoms with Crippen molar-refractivity contribution in [2.75, 3.05) is 7.11 Å². The molecule has 16 heavy (non-hydrogen) atoms. The maximum absolute atomic E-state index is 13.8. The first kappa shape index (κ1) is 10.9. The first-order valence-electron chi connectivity index (χ1n) is 5.11. The summed E-state index contributed by atoms with van der Waals surface area (Å²) in [6.07, 6.45) is 0.492. The second-order valence-electron chi connectivity index (χ2n) is 4.15. The van der Waals surface area contributed by atoms with Crippen molar-refractivity contribution in [3.05, 3.63) is 29.1 Å². The normalized spacial score (nSPS) is 22.9. The maximum atomic E-state index is 13.8. The van der Waals surface area contributed by atoms with E-state index in [1.54, 1.807) is 13.0 Å². The van der Waals surface area contributed by atoms with Gasteiger partial charge < -0.3 is 9.84 Å². The zero-order chi connectivity index (χ0) is 11.9. The van der Waals surface area contributed by atoms with Gasteiger partial charge in [0, 0.05) is 11.5 Å². The molecule has 4 heteroatoms. The van der Waals surface area contributed by atoms with Crippen molar-refractivity contribution in [1.82, 2.24) is 0 Å². The summed E-state index contributed by atoms with van der Waals surface area (Å²) in [6, 6.07) is 3.14. The van der Waals surface area contributed by atoms with Gasteiger partial charge in [-0.2, -0.15) is 0 Å². The van der Waals surface area contributed by atoms with E-state index in [0.29, 0.717) is 17.7 Å². The first-order chi connectivity index (χ1) is 7.54. The molecule has 1 saturated carbocycles. The summed E-state index contributed by atoms with van der Waals surface area (Å²) in [7, 11) is 1.47. The third-order valence-electron chi connectivity index (χ3n) is 2.93. The molecule has 1 aliphatic carbocycles. The molecule has 0 unspecified atom stereocenters. The fourth-order valence-corrected chi connectivity index (χ4v) is 2.04. The largest absolute Gasteiger partial charge is 0.496 e. The molecule has 1 N–H and O–H groups in total. The minimum atomic E-state index is -0.868. The summed E-state index contributed by atoms with van der Waals surface area (Å²) in [6.45, 7) is 1.77. The monoisotopic (exact) mass is 224 g/mol. The smallest absolute Gasteiger partial charge is 0.307 e. The zero-order valence-electron chi connectivity index (χ0n) is 9.16. The topological polar surface area (TPSA) is 46.5 Å². The van der Waals surface area contributed by atoms with Gasteiger partial charge in [-0.25, -0.2) is 4.39 Å².